The summed E-state index contributed by atoms with van der Waals surface area (Å²) >= 11 is 1.48. The first kappa shape index (κ1) is 18.4. The molecule has 1 aromatic carbocycles. The summed E-state index contributed by atoms with van der Waals surface area (Å²) in [5.41, 5.74) is -0.204. The van der Waals surface area contributed by atoms with Crippen LogP contribution in [0.4, 0.5) is 13.2 Å². The summed E-state index contributed by atoms with van der Waals surface area (Å²) in [7, 11) is 0. The summed E-state index contributed by atoms with van der Waals surface area (Å²) in [5, 5.41) is 3.08. The van der Waals surface area contributed by atoms with E-state index in [2.05, 4.69) is 19.2 Å². The van der Waals surface area contributed by atoms with Crippen molar-refractivity contribution in [1.82, 2.24) is 5.32 Å². The van der Waals surface area contributed by atoms with Crippen molar-refractivity contribution in [3.05, 3.63) is 29.3 Å². The Morgan fingerprint density at radius 3 is 2.29 bits per heavy atom. The van der Waals surface area contributed by atoms with E-state index in [1.807, 2.05) is 13.8 Å². The fourth-order valence-corrected chi connectivity index (χ4v) is 2.71. The average molecular weight is 319 g/mol. The van der Waals surface area contributed by atoms with E-state index in [1.54, 1.807) is 12.1 Å². The van der Waals surface area contributed by atoms with E-state index >= 15 is 0 Å². The van der Waals surface area contributed by atoms with Crippen LogP contribution in [0.1, 0.15) is 38.8 Å². The summed E-state index contributed by atoms with van der Waals surface area (Å²) in [6, 6.07) is 4.66. The van der Waals surface area contributed by atoms with Crippen LogP contribution in [-0.4, -0.2) is 12.3 Å². The number of hydrogen-bond acceptors (Lipinski definition) is 2. The van der Waals surface area contributed by atoms with Gasteiger partial charge < -0.3 is 5.32 Å². The molecular formula is C16H24F3NS. The molecule has 120 valence electrons. The van der Waals surface area contributed by atoms with Gasteiger partial charge in [0.15, 0.2) is 0 Å². The van der Waals surface area contributed by atoms with Gasteiger partial charge in [0.05, 0.1) is 5.56 Å². The topological polar surface area (TPSA) is 12.0 Å². The number of hydrogen-bond donors (Lipinski definition) is 1. The van der Waals surface area contributed by atoms with Crippen LogP contribution in [0, 0.1) is 11.8 Å². The third-order valence-corrected chi connectivity index (χ3v) is 4.26. The van der Waals surface area contributed by atoms with Crippen LogP contribution in [0.5, 0.6) is 0 Å². The first-order chi connectivity index (χ1) is 9.70. The van der Waals surface area contributed by atoms with Gasteiger partial charge in [0, 0.05) is 17.2 Å². The van der Waals surface area contributed by atoms with Crippen molar-refractivity contribution in [3.63, 3.8) is 0 Å². The Balaban J connectivity index is 2.87. The van der Waals surface area contributed by atoms with Crippen LogP contribution in [0.25, 0.3) is 0 Å². The van der Waals surface area contributed by atoms with Crippen molar-refractivity contribution in [3.8, 4) is 0 Å². The molecule has 0 bridgehead atoms. The quantitative estimate of drug-likeness (QED) is 0.693. The molecule has 0 amide bonds. The molecule has 0 heterocycles. The molecule has 0 aromatic heterocycles. The van der Waals surface area contributed by atoms with Gasteiger partial charge >= 0.3 is 6.18 Å². The summed E-state index contributed by atoms with van der Waals surface area (Å²) in [6.45, 7) is 9.14. The van der Waals surface area contributed by atoms with Crippen molar-refractivity contribution < 1.29 is 13.2 Å². The highest BCUT2D eigenvalue weighted by atomic mass is 32.2. The van der Waals surface area contributed by atoms with Gasteiger partial charge in [-0.25, -0.2) is 0 Å². The number of alkyl halides is 3. The Hall–Kier alpha value is -0.680. The zero-order chi connectivity index (χ0) is 16.0. The van der Waals surface area contributed by atoms with Gasteiger partial charge in [0.1, 0.15) is 0 Å². The maximum atomic E-state index is 13.2. The van der Waals surface area contributed by atoms with Gasteiger partial charge in [-0.1, -0.05) is 33.8 Å². The van der Waals surface area contributed by atoms with Crippen LogP contribution < -0.4 is 5.32 Å². The first-order valence-corrected chi connectivity index (χ1v) is 8.22. The minimum Gasteiger partial charge on any atom is -0.312 e. The van der Waals surface area contributed by atoms with Crippen LogP contribution >= 0.6 is 11.8 Å². The predicted molar refractivity (Wildman–Crippen MR) is 83.6 cm³/mol. The summed E-state index contributed by atoms with van der Waals surface area (Å²) in [6.07, 6.45) is -4.30. The van der Waals surface area contributed by atoms with E-state index in [0.29, 0.717) is 28.8 Å². The normalized spacial score (nSPS) is 12.4. The molecule has 0 saturated heterocycles. The summed E-state index contributed by atoms with van der Waals surface area (Å²) < 4.78 is 39.5. The minimum absolute atomic E-state index is 0.252. The lowest BCUT2D eigenvalue weighted by molar-refractivity contribution is -0.138. The summed E-state index contributed by atoms with van der Waals surface area (Å²) in [4.78, 5) is 0.684. The molecular weight excluding hydrogens is 295 g/mol. The van der Waals surface area contributed by atoms with Gasteiger partial charge in [-0.2, -0.15) is 13.2 Å². The molecule has 0 spiro atoms. The lowest BCUT2D eigenvalue weighted by Gasteiger charge is -2.16. The van der Waals surface area contributed by atoms with Gasteiger partial charge in [0.25, 0.3) is 0 Å². The van der Waals surface area contributed by atoms with E-state index in [9.17, 15) is 13.2 Å². The molecule has 0 aliphatic heterocycles. The second kappa shape index (κ2) is 8.08. The van der Waals surface area contributed by atoms with Crippen molar-refractivity contribution >= 4 is 11.8 Å². The molecule has 0 aliphatic rings. The SMILES string of the molecule is CC(C)CNCc1ccc(SCC(C)C)cc1C(F)(F)F. The van der Waals surface area contributed by atoms with Crippen molar-refractivity contribution in [1.29, 1.82) is 0 Å². The number of thioether (sulfide) groups is 1. The second-order valence-electron chi connectivity index (χ2n) is 6.05. The first-order valence-electron chi connectivity index (χ1n) is 7.23. The van der Waals surface area contributed by atoms with Crippen LogP contribution in [0.15, 0.2) is 23.1 Å². The van der Waals surface area contributed by atoms with E-state index in [-0.39, 0.29) is 6.54 Å². The maximum Gasteiger partial charge on any atom is 0.416 e. The molecule has 1 nitrogen and oxygen atoms in total. The minimum atomic E-state index is -4.30. The highest BCUT2D eigenvalue weighted by Crippen LogP contribution is 2.35. The van der Waals surface area contributed by atoms with E-state index in [1.165, 1.54) is 17.8 Å². The number of nitrogens with one attached hydrogen (secondary N) is 1. The van der Waals surface area contributed by atoms with E-state index in [4.69, 9.17) is 0 Å². The smallest absolute Gasteiger partial charge is 0.312 e. The highest BCUT2D eigenvalue weighted by molar-refractivity contribution is 7.99. The van der Waals surface area contributed by atoms with Gasteiger partial charge in [0.2, 0.25) is 0 Å². The largest absolute Gasteiger partial charge is 0.416 e. The molecule has 0 saturated carbocycles. The van der Waals surface area contributed by atoms with Gasteiger partial charge in [-0.05, 0) is 36.1 Å². The molecule has 0 atom stereocenters. The van der Waals surface area contributed by atoms with Crippen molar-refractivity contribution in [2.75, 3.05) is 12.3 Å². The molecule has 21 heavy (non-hydrogen) atoms. The highest BCUT2D eigenvalue weighted by Gasteiger charge is 2.33. The van der Waals surface area contributed by atoms with Crippen molar-refractivity contribution in [2.24, 2.45) is 11.8 Å². The lowest BCUT2D eigenvalue weighted by Crippen LogP contribution is -2.21. The van der Waals surface area contributed by atoms with Crippen molar-refractivity contribution in [2.45, 2.75) is 45.3 Å². The van der Waals surface area contributed by atoms with Gasteiger partial charge in [-0.3, -0.25) is 0 Å². The van der Waals surface area contributed by atoms with Crippen LogP contribution in [0.2, 0.25) is 0 Å². The monoisotopic (exact) mass is 319 g/mol. The molecule has 0 fully saturated rings. The Bertz CT molecular complexity index is 442. The predicted octanol–water partition coefficient (Wildman–Crippen LogP) is 5.20. The molecule has 0 radical (unpaired) electrons. The molecule has 1 rings (SSSR count). The maximum absolute atomic E-state index is 13.2. The second-order valence-corrected chi connectivity index (χ2v) is 7.14. The summed E-state index contributed by atoms with van der Waals surface area (Å²) in [5.74, 6) is 1.69. The molecule has 0 unspecified atom stereocenters. The fraction of sp³-hybridized carbons (Fsp3) is 0.625. The molecule has 5 heteroatoms. The third-order valence-electron chi connectivity index (χ3n) is 2.84. The number of rotatable bonds is 7. The number of benzene rings is 1. The Labute approximate surface area is 129 Å². The molecule has 1 aromatic rings. The Morgan fingerprint density at radius 1 is 1.10 bits per heavy atom. The lowest BCUT2D eigenvalue weighted by atomic mass is 10.1. The molecule has 1 N–H and O–H groups in total. The molecule has 0 aliphatic carbocycles. The van der Waals surface area contributed by atoms with E-state index < -0.39 is 11.7 Å². The van der Waals surface area contributed by atoms with E-state index in [0.717, 1.165) is 5.75 Å². The fourth-order valence-electron chi connectivity index (χ4n) is 1.82. The zero-order valence-corrected chi connectivity index (χ0v) is 13.9. The van der Waals surface area contributed by atoms with Gasteiger partial charge in [-0.15, -0.1) is 11.8 Å². The Morgan fingerprint density at radius 2 is 1.76 bits per heavy atom. The third kappa shape index (κ3) is 6.74. The zero-order valence-electron chi connectivity index (χ0n) is 13.1. The van der Waals surface area contributed by atoms with Crippen LogP contribution in [0.3, 0.4) is 0 Å². The Kier molecular flexibility index (Phi) is 7.07. The number of halogens is 3. The average Bonchev–Trinajstić information content (AvgIpc) is 2.35. The standard InChI is InChI=1S/C16H24F3NS/c1-11(2)8-20-9-13-5-6-14(21-10-12(3)4)7-15(13)16(17,18)19/h5-7,11-12,20H,8-10H2,1-4H3. The van der Waals surface area contributed by atoms with Crippen LogP contribution in [-0.2, 0) is 12.7 Å².